The van der Waals surface area contributed by atoms with E-state index < -0.39 is 0 Å². The molecule has 0 aromatic carbocycles. The van der Waals surface area contributed by atoms with Crippen molar-refractivity contribution in [1.82, 2.24) is 5.43 Å². The zero-order valence-electron chi connectivity index (χ0n) is 10.4. The molecular formula is C12H19BrN2S3. The van der Waals surface area contributed by atoms with Gasteiger partial charge >= 0.3 is 0 Å². The van der Waals surface area contributed by atoms with Crippen molar-refractivity contribution in [1.29, 1.82) is 0 Å². The van der Waals surface area contributed by atoms with Crippen molar-refractivity contribution < 1.29 is 0 Å². The minimum atomic E-state index is 0.373. The van der Waals surface area contributed by atoms with Gasteiger partial charge in [0.15, 0.2) is 0 Å². The summed E-state index contributed by atoms with van der Waals surface area (Å²) in [4.78, 5) is 1.40. The van der Waals surface area contributed by atoms with Gasteiger partial charge in [-0.05, 0) is 40.9 Å². The van der Waals surface area contributed by atoms with Crippen LogP contribution in [0.3, 0.4) is 0 Å². The highest BCUT2D eigenvalue weighted by molar-refractivity contribution is 9.11. The molecule has 0 aliphatic carbocycles. The van der Waals surface area contributed by atoms with E-state index in [1.807, 2.05) is 11.3 Å². The van der Waals surface area contributed by atoms with E-state index in [1.54, 1.807) is 0 Å². The van der Waals surface area contributed by atoms with Crippen LogP contribution in [0.25, 0.3) is 0 Å². The van der Waals surface area contributed by atoms with E-state index in [-0.39, 0.29) is 0 Å². The zero-order chi connectivity index (χ0) is 13.0. The number of halogens is 1. The summed E-state index contributed by atoms with van der Waals surface area (Å²) < 4.78 is 1.20. The van der Waals surface area contributed by atoms with Gasteiger partial charge in [-0.15, -0.1) is 11.3 Å². The first-order valence-corrected chi connectivity index (χ1v) is 9.88. The molecule has 102 valence electrons. The largest absolute Gasteiger partial charge is 0.271 e. The fraction of sp³-hybridized carbons (Fsp3) is 0.667. The highest BCUT2D eigenvalue weighted by Crippen LogP contribution is 2.36. The Hall–Kier alpha value is 0.800. The average molecular weight is 367 g/mol. The summed E-state index contributed by atoms with van der Waals surface area (Å²) in [7, 11) is 0. The third kappa shape index (κ3) is 3.90. The Labute approximate surface area is 130 Å². The maximum absolute atomic E-state index is 5.80. The molecule has 1 aromatic rings. The monoisotopic (exact) mass is 366 g/mol. The third-order valence-electron chi connectivity index (χ3n) is 3.15. The molecule has 0 amide bonds. The van der Waals surface area contributed by atoms with Crippen molar-refractivity contribution >= 4 is 50.8 Å². The number of nitrogens with two attached hydrogens (primary N) is 1. The van der Waals surface area contributed by atoms with Crippen LogP contribution in [0.15, 0.2) is 15.9 Å². The number of hydrogen-bond acceptors (Lipinski definition) is 5. The minimum absolute atomic E-state index is 0.373. The average Bonchev–Trinajstić information content (AvgIpc) is 2.81. The molecule has 0 saturated carbocycles. The highest BCUT2D eigenvalue weighted by Gasteiger charge is 2.31. The second kappa shape index (κ2) is 7.55. The lowest BCUT2D eigenvalue weighted by Gasteiger charge is -2.35. The Morgan fingerprint density at radius 3 is 2.83 bits per heavy atom. The molecule has 0 spiro atoms. The Bertz CT molecular complexity index is 372. The summed E-state index contributed by atoms with van der Waals surface area (Å²) in [6.45, 7) is 2.28. The number of nitrogens with one attached hydrogen (secondary N) is 1. The van der Waals surface area contributed by atoms with Crippen LogP contribution in [-0.4, -0.2) is 28.0 Å². The van der Waals surface area contributed by atoms with Crippen LogP contribution in [0.5, 0.6) is 0 Å². The summed E-state index contributed by atoms with van der Waals surface area (Å²) >= 11 is 9.53. The van der Waals surface area contributed by atoms with Crippen LogP contribution < -0.4 is 11.3 Å². The van der Waals surface area contributed by atoms with Gasteiger partial charge in [-0.2, -0.15) is 23.5 Å². The van der Waals surface area contributed by atoms with Gasteiger partial charge in [-0.25, -0.2) is 0 Å². The van der Waals surface area contributed by atoms with Crippen molar-refractivity contribution in [2.45, 2.75) is 36.3 Å². The van der Waals surface area contributed by atoms with E-state index in [0.717, 1.165) is 11.7 Å². The van der Waals surface area contributed by atoms with E-state index in [4.69, 9.17) is 5.84 Å². The predicted octanol–water partition coefficient (Wildman–Crippen LogP) is 3.51. The third-order valence-corrected chi connectivity index (χ3v) is 8.21. The molecule has 1 aromatic heterocycles. The van der Waals surface area contributed by atoms with Crippen LogP contribution in [-0.2, 0) is 6.42 Å². The normalized spacial score (nSPS) is 26.2. The highest BCUT2D eigenvalue weighted by atomic mass is 79.9. The van der Waals surface area contributed by atoms with Crippen molar-refractivity contribution in [2.75, 3.05) is 11.5 Å². The number of thioether (sulfide) groups is 2. The molecule has 2 heterocycles. The summed E-state index contributed by atoms with van der Waals surface area (Å²) in [5.74, 6) is 8.32. The van der Waals surface area contributed by atoms with Gasteiger partial charge in [0.1, 0.15) is 0 Å². The zero-order valence-corrected chi connectivity index (χ0v) is 14.4. The summed E-state index contributed by atoms with van der Waals surface area (Å²) in [5.41, 5.74) is 3.05. The van der Waals surface area contributed by atoms with Crippen molar-refractivity contribution in [2.24, 2.45) is 5.84 Å². The standard InChI is InChI=1S/C12H19BrN2S3/c1-2-10-12(17-6-5-16-10)9(15-14)7-8-3-4-11(13)18-8/h3-4,9-10,12,15H,2,5-7,14H2,1H3. The molecule has 1 aliphatic heterocycles. The topological polar surface area (TPSA) is 38.0 Å². The summed E-state index contributed by atoms with van der Waals surface area (Å²) in [5, 5.41) is 1.35. The van der Waals surface area contributed by atoms with Gasteiger partial charge in [-0.3, -0.25) is 11.3 Å². The lowest BCUT2D eigenvalue weighted by atomic mass is 10.1. The van der Waals surface area contributed by atoms with Crippen LogP contribution >= 0.6 is 50.8 Å². The molecule has 3 atom stereocenters. The molecule has 3 unspecified atom stereocenters. The first kappa shape index (κ1) is 15.2. The Kier molecular flexibility index (Phi) is 6.37. The number of hydrogen-bond donors (Lipinski definition) is 2. The second-order valence-electron chi connectivity index (χ2n) is 4.34. The molecule has 3 N–H and O–H groups in total. The molecule has 2 rings (SSSR count). The first-order valence-electron chi connectivity index (χ1n) is 6.18. The van der Waals surface area contributed by atoms with Gasteiger partial charge in [0.2, 0.25) is 0 Å². The summed E-state index contributed by atoms with van der Waals surface area (Å²) in [6, 6.07) is 4.69. The van der Waals surface area contributed by atoms with Crippen LogP contribution in [0.2, 0.25) is 0 Å². The van der Waals surface area contributed by atoms with Gasteiger partial charge in [0.05, 0.1) is 3.79 Å². The number of thiophene rings is 1. The number of hydrazine groups is 1. The predicted molar refractivity (Wildman–Crippen MR) is 89.6 cm³/mol. The number of rotatable bonds is 5. The van der Waals surface area contributed by atoms with Gasteiger partial charge in [0, 0.05) is 32.9 Å². The summed E-state index contributed by atoms with van der Waals surface area (Å²) in [6.07, 6.45) is 2.26. The molecule has 18 heavy (non-hydrogen) atoms. The lowest BCUT2D eigenvalue weighted by molar-refractivity contribution is 0.493. The van der Waals surface area contributed by atoms with Crippen LogP contribution in [0, 0.1) is 0 Å². The maximum atomic E-state index is 5.80. The van der Waals surface area contributed by atoms with E-state index in [9.17, 15) is 0 Å². The van der Waals surface area contributed by atoms with Crippen LogP contribution in [0.1, 0.15) is 18.2 Å². The smallest absolute Gasteiger partial charge is 0.0701 e. The fourth-order valence-corrected chi connectivity index (χ4v) is 7.05. The molecule has 1 saturated heterocycles. The maximum Gasteiger partial charge on any atom is 0.0701 e. The van der Waals surface area contributed by atoms with E-state index in [0.29, 0.717) is 11.3 Å². The second-order valence-corrected chi connectivity index (χ2v) is 9.52. The molecule has 0 bridgehead atoms. The quantitative estimate of drug-likeness (QED) is 0.617. The van der Waals surface area contributed by atoms with Crippen molar-refractivity contribution in [3.63, 3.8) is 0 Å². The van der Waals surface area contributed by atoms with Crippen LogP contribution in [0.4, 0.5) is 0 Å². The Morgan fingerprint density at radius 2 is 2.22 bits per heavy atom. The van der Waals surface area contributed by atoms with Crippen molar-refractivity contribution in [3.8, 4) is 0 Å². The Morgan fingerprint density at radius 1 is 1.44 bits per heavy atom. The SMILES string of the molecule is CCC1SCCSC1C(Cc1ccc(Br)s1)NN. The fourth-order valence-electron chi connectivity index (χ4n) is 2.26. The van der Waals surface area contributed by atoms with E-state index in [2.05, 4.69) is 63.9 Å². The molecule has 2 nitrogen and oxygen atoms in total. The van der Waals surface area contributed by atoms with E-state index in [1.165, 1.54) is 26.6 Å². The first-order chi connectivity index (χ1) is 8.74. The van der Waals surface area contributed by atoms with Gasteiger partial charge < -0.3 is 0 Å². The van der Waals surface area contributed by atoms with Gasteiger partial charge in [-0.1, -0.05) is 6.92 Å². The molecular weight excluding hydrogens is 348 g/mol. The van der Waals surface area contributed by atoms with Gasteiger partial charge in [0.25, 0.3) is 0 Å². The molecule has 1 aliphatic rings. The lowest BCUT2D eigenvalue weighted by Crippen LogP contribution is -2.49. The molecule has 1 fully saturated rings. The van der Waals surface area contributed by atoms with E-state index >= 15 is 0 Å². The molecule has 0 radical (unpaired) electrons. The van der Waals surface area contributed by atoms with Crippen molar-refractivity contribution in [3.05, 3.63) is 20.8 Å². The minimum Gasteiger partial charge on any atom is -0.271 e. The Balaban J connectivity index is 2.02. The molecule has 6 heteroatoms.